The van der Waals surface area contributed by atoms with E-state index in [-0.39, 0.29) is 5.91 Å². The minimum Gasteiger partial charge on any atom is -0.334 e. The Labute approximate surface area is 109 Å². The van der Waals surface area contributed by atoms with Gasteiger partial charge in [0.2, 0.25) is 0 Å². The molecule has 3 heteroatoms. The summed E-state index contributed by atoms with van der Waals surface area (Å²) in [6, 6.07) is 8.20. The van der Waals surface area contributed by atoms with Crippen LogP contribution in [0.5, 0.6) is 0 Å². The lowest BCUT2D eigenvalue weighted by Crippen LogP contribution is -2.42. The number of hydrogen-bond donors (Lipinski definition) is 1. The first-order valence-electron chi connectivity index (χ1n) is 6.80. The second kappa shape index (κ2) is 6.01. The number of hydrogen-bond acceptors (Lipinski definition) is 2. The molecular weight excluding hydrogens is 224 g/mol. The van der Waals surface area contributed by atoms with Crippen LogP contribution in [-0.4, -0.2) is 29.9 Å². The number of aryl methyl sites for hydroxylation is 1. The maximum atomic E-state index is 12.5. The van der Waals surface area contributed by atoms with Crippen LogP contribution < -0.4 is 5.73 Å². The molecule has 1 aromatic rings. The van der Waals surface area contributed by atoms with Crippen LogP contribution in [0.15, 0.2) is 24.3 Å². The predicted molar refractivity (Wildman–Crippen MR) is 73.5 cm³/mol. The average molecular weight is 246 g/mol. The van der Waals surface area contributed by atoms with Crippen LogP contribution in [0.3, 0.4) is 0 Å². The van der Waals surface area contributed by atoms with Gasteiger partial charge in [-0.25, -0.2) is 0 Å². The lowest BCUT2D eigenvalue weighted by Gasteiger charge is -2.28. The highest BCUT2D eigenvalue weighted by Gasteiger charge is 2.26. The molecule has 0 radical (unpaired) electrons. The van der Waals surface area contributed by atoms with Gasteiger partial charge in [0, 0.05) is 24.7 Å². The summed E-state index contributed by atoms with van der Waals surface area (Å²) in [5.74, 6) is 0.135. The van der Waals surface area contributed by atoms with Crippen molar-refractivity contribution in [3.8, 4) is 0 Å². The summed E-state index contributed by atoms with van der Waals surface area (Å²) in [6.45, 7) is 3.21. The van der Waals surface area contributed by atoms with Gasteiger partial charge < -0.3 is 10.6 Å². The number of carbonyl (C=O) groups excluding carboxylic acids is 1. The summed E-state index contributed by atoms with van der Waals surface area (Å²) in [6.07, 6.45) is 4.70. The first-order valence-corrected chi connectivity index (χ1v) is 6.80. The van der Waals surface area contributed by atoms with E-state index in [4.69, 9.17) is 5.73 Å². The van der Waals surface area contributed by atoms with E-state index in [2.05, 4.69) is 0 Å². The Hall–Kier alpha value is -1.35. The number of nitrogens with two attached hydrogens (primary N) is 1. The van der Waals surface area contributed by atoms with Crippen LogP contribution in [0, 0.1) is 6.92 Å². The largest absolute Gasteiger partial charge is 0.334 e. The highest BCUT2D eigenvalue weighted by atomic mass is 16.2. The van der Waals surface area contributed by atoms with Crippen molar-refractivity contribution < 1.29 is 4.79 Å². The van der Waals surface area contributed by atoms with Gasteiger partial charge in [-0.2, -0.15) is 0 Å². The van der Waals surface area contributed by atoms with E-state index in [1.807, 2.05) is 36.1 Å². The second-order valence-electron chi connectivity index (χ2n) is 5.09. The molecule has 2 rings (SSSR count). The summed E-state index contributed by atoms with van der Waals surface area (Å²) >= 11 is 0. The molecule has 0 atom stereocenters. The molecule has 2 N–H and O–H groups in total. The molecule has 1 aromatic carbocycles. The van der Waals surface area contributed by atoms with E-state index < -0.39 is 0 Å². The first kappa shape index (κ1) is 13.1. The fourth-order valence-corrected chi connectivity index (χ4v) is 2.75. The number of carbonyl (C=O) groups is 1. The molecule has 98 valence electrons. The Bertz CT molecular complexity index is 411. The minimum atomic E-state index is 0.135. The third-order valence-electron chi connectivity index (χ3n) is 3.66. The molecule has 3 nitrogen and oxygen atoms in total. The monoisotopic (exact) mass is 246 g/mol. The van der Waals surface area contributed by atoms with Crippen molar-refractivity contribution in [1.82, 2.24) is 4.90 Å². The SMILES string of the molecule is Cc1cccc(C(=O)N(CCN)C2CCCC2)c1. The lowest BCUT2D eigenvalue weighted by atomic mass is 10.1. The molecule has 0 spiro atoms. The fraction of sp³-hybridized carbons (Fsp3) is 0.533. The second-order valence-corrected chi connectivity index (χ2v) is 5.09. The Kier molecular flexibility index (Phi) is 4.37. The Morgan fingerprint density at radius 3 is 2.72 bits per heavy atom. The maximum absolute atomic E-state index is 12.5. The third-order valence-corrected chi connectivity index (χ3v) is 3.66. The van der Waals surface area contributed by atoms with Crippen molar-refractivity contribution in [3.63, 3.8) is 0 Å². The fourth-order valence-electron chi connectivity index (χ4n) is 2.75. The average Bonchev–Trinajstić information content (AvgIpc) is 2.89. The van der Waals surface area contributed by atoms with E-state index in [1.54, 1.807) is 0 Å². The standard InChI is InChI=1S/C15H22N2O/c1-12-5-4-6-13(11-12)15(18)17(10-9-16)14-7-2-3-8-14/h4-6,11,14H,2-3,7-10,16H2,1H3. The number of nitrogens with zero attached hydrogens (tertiary/aromatic N) is 1. The van der Waals surface area contributed by atoms with Gasteiger partial charge in [0.05, 0.1) is 0 Å². The van der Waals surface area contributed by atoms with Gasteiger partial charge >= 0.3 is 0 Å². The molecule has 0 bridgehead atoms. The normalized spacial score (nSPS) is 15.9. The molecule has 1 saturated carbocycles. The van der Waals surface area contributed by atoms with Crippen LogP contribution in [0.25, 0.3) is 0 Å². The number of benzene rings is 1. The first-order chi connectivity index (χ1) is 8.72. The van der Waals surface area contributed by atoms with Crippen molar-refractivity contribution in [2.24, 2.45) is 5.73 Å². The summed E-state index contributed by atoms with van der Waals surface area (Å²) < 4.78 is 0. The molecule has 0 unspecified atom stereocenters. The highest BCUT2D eigenvalue weighted by Crippen LogP contribution is 2.24. The van der Waals surface area contributed by atoms with Crippen LogP contribution in [0.4, 0.5) is 0 Å². The van der Waals surface area contributed by atoms with Crippen molar-refractivity contribution in [2.75, 3.05) is 13.1 Å². The van der Waals surface area contributed by atoms with Gasteiger partial charge in [0.15, 0.2) is 0 Å². The van der Waals surface area contributed by atoms with E-state index in [0.29, 0.717) is 19.1 Å². The molecule has 0 heterocycles. The van der Waals surface area contributed by atoms with E-state index in [9.17, 15) is 4.79 Å². The molecule has 18 heavy (non-hydrogen) atoms. The molecule has 0 aliphatic heterocycles. The lowest BCUT2D eigenvalue weighted by molar-refractivity contribution is 0.0688. The predicted octanol–water partition coefficient (Wildman–Crippen LogP) is 2.34. The van der Waals surface area contributed by atoms with Gasteiger partial charge in [-0.3, -0.25) is 4.79 Å². The van der Waals surface area contributed by atoms with E-state index in [0.717, 1.165) is 24.0 Å². The van der Waals surface area contributed by atoms with Crippen LogP contribution in [-0.2, 0) is 0 Å². The molecule has 0 saturated heterocycles. The maximum Gasteiger partial charge on any atom is 0.254 e. The Morgan fingerprint density at radius 1 is 1.39 bits per heavy atom. The minimum absolute atomic E-state index is 0.135. The van der Waals surface area contributed by atoms with Crippen molar-refractivity contribution in [1.29, 1.82) is 0 Å². The molecule has 1 aliphatic rings. The molecule has 0 aromatic heterocycles. The quantitative estimate of drug-likeness (QED) is 0.886. The Balaban J connectivity index is 2.17. The molecule has 1 amide bonds. The topological polar surface area (TPSA) is 46.3 Å². The van der Waals surface area contributed by atoms with Crippen molar-refractivity contribution in [3.05, 3.63) is 35.4 Å². The summed E-state index contributed by atoms with van der Waals surface area (Å²) in [4.78, 5) is 14.5. The molecular formula is C15H22N2O. The van der Waals surface area contributed by atoms with E-state index in [1.165, 1.54) is 12.8 Å². The number of rotatable bonds is 4. The van der Waals surface area contributed by atoms with Crippen LogP contribution in [0.2, 0.25) is 0 Å². The zero-order valence-corrected chi connectivity index (χ0v) is 11.1. The van der Waals surface area contributed by atoms with Crippen molar-refractivity contribution in [2.45, 2.75) is 38.6 Å². The van der Waals surface area contributed by atoms with Gasteiger partial charge in [-0.15, -0.1) is 0 Å². The van der Waals surface area contributed by atoms with Crippen LogP contribution in [0.1, 0.15) is 41.6 Å². The zero-order chi connectivity index (χ0) is 13.0. The molecule has 1 aliphatic carbocycles. The smallest absolute Gasteiger partial charge is 0.254 e. The van der Waals surface area contributed by atoms with Crippen LogP contribution >= 0.6 is 0 Å². The summed E-state index contributed by atoms with van der Waals surface area (Å²) in [5.41, 5.74) is 7.56. The Morgan fingerprint density at radius 2 is 2.11 bits per heavy atom. The molecule has 1 fully saturated rings. The zero-order valence-electron chi connectivity index (χ0n) is 11.1. The third kappa shape index (κ3) is 2.91. The van der Waals surface area contributed by atoms with Gasteiger partial charge in [0.1, 0.15) is 0 Å². The summed E-state index contributed by atoms with van der Waals surface area (Å²) in [7, 11) is 0. The van der Waals surface area contributed by atoms with E-state index >= 15 is 0 Å². The van der Waals surface area contributed by atoms with Gasteiger partial charge in [-0.05, 0) is 31.9 Å². The number of amides is 1. The van der Waals surface area contributed by atoms with Gasteiger partial charge in [0.25, 0.3) is 5.91 Å². The van der Waals surface area contributed by atoms with Gasteiger partial charge in [-0.1, -0.05) is 30.5 Å². The highest BCUT2D eigenvalue weighted by molar-refractivity contribution is 5.94. The summed E-state index contributed by atoms with van der Waals surface area (Å²) in [5, 5.41) is 0. The van der Waals surface area contributed by atoms with Crippen molar-refractivity contribution >= 4 is 5.91 Å².